The summed E-state index contributed by atoms with van der Waals surface area (Å²) in [5, 5.41) is 2.90. The highest BCUT2D eigenvalue weighted by atomic mass is 16.5. The summed E-state index contributed by atoms with van der Waals surface area (Å²) in [4.78, 5) is 26.6. The molecule has 2 amide bonds. The van der Waals surface area contributed by atoms with E-state index in [-0.39, 0.29) is 5.91 Å². The van der Waals surface area contributed by atoms with Crippen molar-refractivity contribution < 1.29 is 19.1 Å². The van der Waals surface area contributed by atoms with Crippen LogP contribution in [0.4, 0.5) is 11.4 Å². The van der Waals surface area contributed by atoms with Gasteiger partial charge in [0.05, 0.1) is 25.6 Å². The Morgan fingerprint density at radius 3 is 2.15 bits per heavy atom. The maximum atomic E-state index is 12.8. The molecule has 2 aromatic rings. The number of hydrogen-bond donors (Lipinski definition) is 2. The molecular formula is C20H23N3O4. The highest BCUT2D eigenvalue weighted by molar-refractivity contribution is 6.07. The number of ether oxygens (including phenoxy) is 2. The van der Waals surface area contributed by atoms with E-state index >= 15 is 0 Å². The lowest BCUT2D eigenvalue weighted by molar-refractivity contribution is 0.0996. The third-order valence-corrected chi connectivity index (χ3v) is 4.59. The van der Waals surface area contributed by atoms with Crippen LogP contribution in [0, 0.1) is 0 Å². The lowest BCUT2D eigenvalue weighted by Gasteiger charge is -2.22. The van der Waals surface area contributed by atoms with E-state index in [0.717, 1.165) is 31.6 Å². The molecule has 0 unspecified atom stereocenters. The van der Waals surface area contributed by atoms with Crippen LogP contribution in [0.1, 0.15) is 33.6 Å². The average molecular weight is 369 g/mol. The number of hydrogen-bond acceptors (Lipinski definition) is 5. The van der Waals surface area contributed by atoms with Crippen molar-refractivity contribution in [1.82, 2.24) is 0 Å². The van der Waals surface area contributed by atoms with Gasteiger partial charge in [0.2, 0.25) is 5.91 Å². The molecule has 27 heavy (non-hydrogen) atoms. The summed E-state index contributed by atoms with van der Waals surface area (Å²) in [6, 6.07) is 10.1. The molecule has 1 aliphatic heterocycles. The molecule has 0 aliphatic carbocycles. The Labute approximate surface area is 158 Å². The van der Waals surface area contributed by atoms with Crippen LogP contribution in [-0.4, -0.2) is 39.1 Å². The second-order valence-corrected chi connectivity index (χ2v) is 6.35. The number of amides is 2. The normalized spacial score (nSPS) is 13.3. The first kappa shape index (κ1) is 18.6. The zero-order valence-electron chi connectivity index (χ0n) is 15.5. The van der Waals surface area contributed by atoms with Crippen LogP contribution in [0.3, 0.4) is 0 Å². The van der Waals surface area contributed by atoms with Gasteiger partial charge in [0.25, 0.3) is 5.91 Å². The van der Waals surface area contributed by atoms with Gasteiger partial charge < -0.3 is 25.4 Å². The zero-order chi connectivity index (χ0) is 19.4. The molecule has 1 aliphatic rings. The summed E-state index contributed by atoms with van der Waals surface area (Å²) in [6.07, 6.45) is 2.19. The topological polar surface area (TPSA) is 93.9 Å². The standard InChI is InChI=1S/C20H23N3O4/c1-26-15-9-14(10-16(12-15)27-2)20(25)22-17-11-13(19(21)24)5-6-18(17)23-7-3-4-8-23/h5-6,9-12H,3-4,7-8H2,1-2H3,(H2,21,24)(H,22,25). The van der Waals surface area contributed by atoms with Gasteiger partial charge in [-0.15, -0.1) is 0 Å². The highest BCUT2D eigenvalue weighted by Gasteiger charge is 2.19. The van der Waals surface area contributed by atoms with Gasteiger partial charge in [-0.1, -0.05) is 0 Å². The number of nitrogens with zero attached hydrogens (tertiary/aromatic N) is 1. The summed E-state index contributed by atoms with van der Waals surface area (Å²) < 4.78 is 10.4. The van der Waals surface area contributed by atoms with E-state index < -0.39 is 5.91 Å². The van der Waals surface area contributed by atoms with Gasteiger partial charge in [-0.25, -0.2) is 0 Å². The zero-order valence-corrected chi connectivity index (χ0v) is 15.5. The molecule has 7 nitrogen and oxygen atoms in total. The molecule has 1 fully saturated rings. The summed E-state index contributed by atoms with van der Waals surface area (Å²) in [5.41, 5.74) is 7.57. The molecule has 142 valence electrons. The summed E-state index contributed by atoms with van der Waals surface area (Å²) in [5.74, 6) is 0.172. The number of carbonyl (C=O) groups is 2. The number of primary amides is 1. The predicted molar refractivity (Wildman–Crippen MR) is 104 cm³/mol. The third kappa shape index (κ3) is 4.13. The van der Waals surface area contributed by atoms with E-state index in [1.807, 2.05) is 6.07 Å². The monoisotopic (exact) mass is 369 g/mol. The molecule has 0 aromatic heterocycles. The van der Waals surface area contributed by atoms with Crippen molar-refractivity contribution in [2.45, 2.75) is 12.8 Å². The molecule has 3 N–H and O–H groups in total. The number of nitrogens with two attached hydrogens (primary N) is 1. The van der Waals surface area contributed by atoms with E-state index in [1.165, 1.54) is 14.2 Å². The quantitative estimate of drug-likeness (QED) is 0.816. The summed E-state index contributed by atoms with van der Waals surface area (Å²) >= 11 is 0. The minimum Gasteiger partial charge on any atom is -0.497 e. The molecule has 0 spiro atoms. The first-order chi connectivity index (χ1) is 13.0. The van der Waals surface area contributed by atoms with Crippen LogP contribution in [0.15, 0.2) is 36.4 Å². The average Bonchev–Trinajstić information content (AvgIpc) is 3.21. The fraction of sp³-hybridized carbons (Fsp3) is 0.300. The molecule has 0 radical (unpaired) electrons. The Balaban J connectivity index is 1.94. The van der Waals surface area contributed by atoms with Gasteiger partial charge in [0.15, 0.2) is 0 Å². The highest BCUT2D eigenvalue weighted by Crippen LogP contribution is 2.31. The van der Waals surface area contributed by atoms with Crippen LogP contribution in [-0.2, 0) is 0 Å². The molecule has 1 saturated heterocycles. The smallest absolute Gasteiger partial charge is 0.255 e. The Kier molecular flexibility index (Phi) is 5.49. The summed E-state index contributed by atoms with van der Waals surface area (Å²) in [7, 11) is 3.05. The Morgan fingerprint density at radius 1 is 0.963 bits per heavy atom. The predicted octanol–water partition coefficient (Wildman–Crippen LogP) is 2.66. The second-order valence-electron chi connectivity index (χ2n) is 6.35. The largest absolute Gasteiger partial charge is 0.497 e. The molecule has 0 bridgehead atoms. The molecule has 2 aromatic carbocycles. The van der Waals surface area contributed by atoms with E-state index in [2.05, 4.69) is 10.2 Å². The van der Waals surface area contributed by atoms with Crippen LogP contribution in [0.5, 0.6) is 11.5 Å². The van der Waals surface area contributed by atoms with Crippen LogP contribution >= 0.6 is 0 Å². The van der Waals surface area contributed by atoms with E-state index in [4.69, 9.17) is 15.2 Å². The maximum absolute atomic E-state index is 12.8. The first-order valence-corrected chi connectivity index (χ1v) is 8.75. The van der Waals surface area contributed by atoms with E-state index in [9.17, 15) is 9.59 Å². The van der Waals surface area contributed by atoms with Gasteiger partial charge in [-0.2, -0.15) is 0 Å². The molecule has 3 rings (SSSR count). The first-order valence-electron chi connectivity index (χ1n) is 8.75. The van der Waals surface area contributed by atoms with Crippen molar-refractivity contribution in [1.29, 1.82) is 0 Å². The third-order valence-electron chi connectivity index (χ3n) is 4.59. The minimum absolute atomic E-state index is 0.325. The van der Waals surface area contributed by atoms with Gasteiger partial charge in [0, 0.05) is 30.3 Å². The van der Waals surface area contributed by atoms with Crippen molar-refractivity contribution in [3.05, 3.63) is 47.5 Å². The van der Waals surface area contributed by atoms with Crippen molar-refractivity contribution in [3.8, 4) is 11.5 Å². The second kappa shape index (κ2) is 7.99. The number of carbonyl (C=O) groups excluding carboxylic acids is 2. The lowest BCUT2D eigenvalue weighted by Crippen LogP contribution is -2.22. The number of nitrogens with one attached hydrogen (secondary N) is 1. The lowest BCUT2D eigenvalue weighted by atomic mass is 10.1. The number of anilines is 2. The Bertz CT molecular complexity index is 838. The van der Waals surface area contributed by atoms with Crippen LogP contribution in [0.25, 0.3) is 0 Å². The SMILES string of the molecule is COc1cc(OC)cc(C(=O)Nc2cc(C(N)=O)ccc2N2CCCC2)c1. The molecule has 0 saturated carbocycles. The van der Waals surface area contributed by atoms with E-state index in [1.54, 1.807) is 30.3 Å². The maximum Gasteiger partial charge on any atom is 0.255 e. The van der Waals surface area contributed by atoms with Crippen LogP contribution < -0.4 is 25.4 Å². The fourth-order valence-corrected chi connectivity index (χ4v) is 3.16. The Hall–Kier alpha value is -3.22. The number of methoxy groups -OCH3 is 2. The number of rotatable bonds is 6. The Morgan fingerprint density at radius 2 is 1.59 bits per heavy atom. The van der Waals surface area contributed by atoms with Crippen molar-refractivity contribution in [3.63, 3.8) is 0 Å². The summed E-state index contributed by atoms with van der Waals surface area (Å²) in [6.45, 7) is 1.82. The fourth-order valence-electron chi connectivity index (χ4n) is 3.16. The van der Waals surface area contributed by atoms with Gasteiger partial charge >= 0.3 is 0 Å². The molecule has 7 heteroatoms. The number of benzene rings is 2. The van der Waals surface area contributed by atoms with Gasteiger partial charge in [-0.3, -0.25) is 9.59 Å². The van der Waals surface area contributed by atoms with Crippen molar-refractivity contribution >= 4 is 23.2 Å². The van der Waals surface area contributed by atoms with Gasteiger partial charge in [-0.05, 0) is 43.2 Å². The minimum atomic E-state index is -0.540. The van der Waals surface area contributed by atoms with Crippen LogP contribution in [0.2, 0.25) is 0 Å². The molecule has 0 atom stereocenters. The van der Waals surface area contributed by atoms with Gasteiger partial charge in [0.1, 0.15) is 11.5 Å². The van der Waals surface area contributed by atoms with Crippen molar-refractivity contribution in [2.75, 3.05) is 37.5 Å². The van der Waals surface area contributed by atoms with E-state index in [0.29, 0.717) is 28.3 Å². The molecular weight excluding hydrogens is 346 g/mol. The van der Waals surface area contributed by atoms with Crippen molar-refractivity contribution in [2.24, 2.45) is 5.73 Å². The molecule has 1 heterocycles.